The number of aromatic nitrogens is 5. The van der Waals surface area contributed by atoms with Crippen LogP contribution in [0.5, 0.6) is 0 Å². The summed E-state index contributed by atoms with van der Waals surface area (Å²) < 4.78 is 9.91. The quantitative estimate of drug-likeness (QED) is 0.183. The Bertz CT molecular complexity index is 4170. The molecule has 10 aromatic carbocycles. The van der Waals surface area contributed by atoms with Gasteiger partial charge in [0.25, 0.3) is 0 Å². The van der Waals surface area contributed by atoms with Crippen molar-refractivity contribution in [1.82, 2.24) is 23.3 Å². The smallest absolute Gasteiger partial charge is 0.0788 e. The van der Waals surface area contributed by atoms with Crippen LogP contribution in [-0.2, 0) is 0 Å². The zero-order valence-electron chi connectivity index (χ0n) is 35.1. The second kappa shape index (κ2) is 12.9. The molecule has 1 N–H and O–H groups in total. The van der Waals surface area contributed by atoms with Crippen molar-refractivity contribution in [1.29, 1.82) is 0 Å². The van der Waals surface area contributed by atoms with E-state index in [1.165, 1.54) is 98.0 Å². The fourth-order valence-electron chi connectivity index (χ4n) is 11.4. The minimum Gasteiger partial charge on any atom is -0.355 e. The summed E-state index contributed by atoms with van der Waals surface area (Å²) in [6.45, 7) is 0. The Kier molecular flexibility index (Phi) is 6.89. The van der Waals surface area contributed by atoms with E-state index in [0.717, 1.165) is 33.8 Å². The molecule has 302 valence electrons. The third-order valence-corrected chi connectivity index (χ3v) is 14.0. The number of fused-ring (bicyclic) bond motifs is 17. The molecular formula is C60H37N5. The number of aromatic amines is 1. The molecule has 0 spiro atoms. The van der Waals surface area contributed by atoms with Crippen LogP contribution in [0.3, 0.4) is 0 Å². The number of para-hydroxylation sites is 6. The molecule has 0 saturated heterocycles. The number of hydrogen-bond acceptors (Lipinski definition) is 0. The fraction of sp³-hybridized carbons (Fsp3) is 0. The van der Waals surface area contributed by atoms with Gasteiger partial charge in [0.05, 0.1) is 44.1 Å². The highest BCUT2D eigenvalue weighted by Gasteiger charge is 2.24. The van der Waals surface area contributed by atoms with Gasteiger partial charge in [-0.05, 0) is 84.9 Å². The Morgan fingerprint density at radius 1 is 0.215 bits per heavy atom. The third-order valence-electron chi connectivity index (χ3n) is 14.0. The van der Waals surface area contributed by atoms with Crippen LogP contribution in [0.15, 0.2) is 218 Å². The van der Waals surface area contributed by atoms with E-state index in [4.69, 9.17) is 0 Å². The Hall–Kier alpha value is -8.80. The predicted molar refractivity (Wildman–Crippen MR) is 273 cm³/mol. The molecule has 0 aliphatic rings. The van der Waals surface area contributed by atoms with E-state index >= 15 is 0 Å². The lowest BCUT2D eigenvalue weighted by Crippen LogP contribution is -1.99. The average Bonchev–Trinajstić information content (AvgIpc) is 4.17. The summed E-state index contributed by atoms with van der Waals surface area (Å²) in [6, 6.07) is 80.2. The summed E-state index contributed by atoms with van der Waals surface area (Å²) in [5, 5.41) is 12.3. The van der Waals surface area contributed by atoms with Crippen LogP contribution < -0.4 is 0 Å². The van der Waals surface area contributed by atoms with Gasteiger partial charge in [-0.3, -0.25) is 0 Å². The Morgan fingerprint density at radius 2 is 0.508 bits per heavy atom. The van der Waals surface area contributed by atoms with Crippen LogP contribution in [-0.4, -0.2) is 23.3 Å². The first-order chi connectivity index (χ1) is 32.3. The van der Waals surface area contributed by atoms with Crippen LogP contribution in [0.4, 0.5) is 0 Å². The third kappa shape index (κ3) is 4.65. The van der Waals surface area contributed by atoms with E-state index in [1.807, 2.05) is 0 Å². The van der Waals surface area contributed by atoms with Crippen molar-refractivity contribution in [3.63, 3.8) is 0 Å². The molecule has 15 rings (SSSR count). The normalized spacial score (nSPS) is 12.3. The SMILES string of the molecule is c1ccc(-n2c3ccccc3c3ccc4c5ccccc5n(-c5ccc6[nH]c7ccc(-n8c9ccccc9c9ccc%10c%11ccccc%11n(-c%11ccccc%11)c%10c98)cc7c6c5)c4c32)cc1. The van der Waals surface area contributed by atoms with Gasteiger partial charge in [-0.2, -0.15) is 0 Å². The van der Waals surface area contributed by atoms with Crippen molar-refractivity contribution >= 4 is 109 Å². The lowest BCUT2D eigenvalue weighted by molar-refractivity contribution is 1.15. The Balaban J connectivity index is 1.03. The van der Waals surface area contributed by atoms with Gasteiger partial charge in [0.2, 0.25) is 0 Å². The van der Waals surface area contributed by atoms with Crippen molar-refractivity contribution < 1.29 is 0 Å². The molecule has 0 radical (unpaired) electrons. The maximum absolute atomic E-state index is 3.80. The van der Waals surface area contributed by atoms with E-state index in [1.54, 1.807) is 0 Å². The first-order valence-electron chi connectivity index (χ1n) is 22.4. The molecule has 0 aliphatic heterocycles. The molecule has 0 saturated carbocycles. The Labute approximate surface area is 371 Å². The predicted octanol–water partition coefficient (Wildman–Crippen LogP) is 15.7. The van der Waals surface area contributed by atoms with E-state index in [9.17, 15) is 0 Å². The summed E-state index contributed by atoms with van der Waals surface area (Å²) in [4.78, 5) is 3.80. The van der Waals surface area contributed by atoms with Gasteiger partial charge >= 0.3 is 0 Å². The van der Waals surface area contributed by atoms with Crippen LogP contribution in [0.25, 0.3) is 132 Å². The lowest BCUT2D eigenvalue weighted by Gasteiger charge is -2.13. The standard InChI is InChI=1S/C60H37N5/c1-3-15-37(16-4-1)62-53-23-11-7-19-41(53)45-29-31-47-43-21-9-13-25-55(43)64(59(47)57(45)62)39-27-33-51-49(35-39)50-36-40(28-34-52(50)61-51)65-56-26-14-10-22-44(56)48-32-30-46-42-20-8-12-24-54(42)63(58(46)60(48)65)38-17-5-2-6-18-38/h1-36,61H. The Morgan fingerprint density at radius 3 is 0.846 bits per heavy atom. The zero-order valence-corrected chi connectivity index (χ0v) is 35.1. The second-order valence-electron chi connectivity index (χ2n) is 17.4. The summed E-state index contributed by atoms with van der Waals surface area (Å²) in [5.74, 6) is 0. The first-order valence-corrected chi connectivity index (χ1v) is 22.4. The number of rotatable bonds is 4. The molecule has 5 heterocycles. The molecule has 0 fully saturated rings. The highest BCUT2D eigenvalue weighted by atomic mass is 15.1. The molecule has 65 heavy (non-hydrogen) atoms. The second-order valence-corrected chi connectivity index (χ2v) is 17.4. The van der Waals surface area contributed by atoms with Crippen molar-refractivity contribution in [3.05, 3.63) is 218 Å². The maximum atomic E-state index is 3.80. The molecule has 0 unspecified atom stereocenters. The van der Waals surface area contributed by atoms with Gasteiger partial charge in [0.1, 0.15) is 0 Å². The fourth-order valence-corrected chi connectivity index (χ4v) is 11.4. The summed E-state index contributed by atoms with van der Waals surface area (Å²) >= 11 is 0. The van der Waals surface area contributed by atoms with Crippen LogP contribution in [0.1, 0.15) is 0 Å². The minimum absolute atomic E-state index is 1.11. The van der Waals surface area contributed by atoms with E-state index in [0.29, 0.717) is 0 Å². The van der Waals surface area contributed by atoms with Gasteiger partial charge in [-0.15, -0.1) is 0 Å². The molecule has 5 heteroatoms. The highest BCUT2D eigenvalue weighted by Crippen LogP contribution is 2.44. The molecule has 5 nitrogen and oxygen atoms in total. The van der Waals surface area contributed by atoms with Crippen molar-refractivity contribution in [2.45, 2.75) is 0 Å². The topological polar surface area (TPSA) is 35.5 Å². The molecule has 0 aliphatic carbocycles. The van der Waals surface area contributed by atoms with Gasteiger partial charge in [-0.25, -0.2) is 0 Å². The molecule has 0 bridgehead atoms. The summed E-state index contributed by atoms with van der Waals surface area (Å²) in [7, 11) is 0. The lowest BCUT2D eigenvalue weighted by atomic mass is 10.1. The largest absolute Gasteiger partial charge is 0.355 e. The van der Waals surface area contributed by atoms with E-state index < -0.39 is 0 Å². The van der Waals surface area contributed by atoms with Gasteiger partial charge < -0.3 is 23.3 Å². The van der Waals surface area contributed by atoms with Crippen molar-refractivity contribution in [2.75, 3.05) is 0 Å². The number of benzene rings is 10. The van der Waals surface area contributed by atoms with Crippen LogP contribution in [0.2, 0.25) is 0 Å². The van der Waals surface area contributed by atoms with Gasteiger partial charge in [0, 0.05) is 87.6 Å². The first kappa shape index (κ1) is 34.7. The number of H-pyrrole nitrogens is 1. The van der Waals surface area contributed by atoms with E-state index in [-0.39, 0.29) is 0 Å². The summed E-state index contributed by atoms with van der Waals surface area (Å²) in [5.41, 5.74) is 16.3. The molecule has 15 aromatic rings. The van der Waals surface area contributed by atoms with Gasteiger partial charge in [-0.1, -0.05) is 133 Å². The van der Waals surface area contributed by atoms with Crippen molar-refractivity contribution in [3.8, 4) is 22.7 Å². The number of hydrogen-bond donors (Lipinski definition) is 1. The van der Waals surface area contributed by atoms with E-state index in [2.05, 4.69) is 242 Å². The molecular weight excluding hydrogens is 791 g/mol. The van der Waals surface area contributed by atoms with Crippen molar-refractivity contribution in [2.24, 2.45) is 0 Å². The monoisotopic (exact) mass is 827 g/mol. The average molecular weight is 828 g/mol. The minimum atomic E-state index is 1.11. The number of nitrogens with one attached hydrogen (secondary N) is 1. The molecule has 5 aromatic heterocycles. The zero-order chi connectivity index (χ0) is 42.3. The molecule has 0 atom stereocenters. The van der Waals surface area contributed by atoms with Gasteiger partial charge in [0.15, 0.2) is 0 Å². The van der Waals surface area contributed by atoms with Crippen LogP contribution >= 0.6 is 0 Å². The number of nitrogens with zero attached hydrogens (tertiary/aromatic N) is 4. The summed E-state index contributed by atoms with van der Waals surface area (Å²) in [6.07, 6.45) is 0. The maximum Gasteiger partial charge on any atom is 0.0788 e. The molecule has 0 amide bonds. The highest BCUT2D eigenvalue weighted by molar-refractivity contribution is 6.25. The van der Waals surface area contributed by atoms with Crippen LogP contribution in [0, 0.1) is 0 Å².